The number of nitrogens with one attached hydrogen (secondary N) is 2. The maximum Gasteiger partial charge on any atom is 0.319 e. The van der Waals surface area contributed by atoms with Crippen molar-refractivity contribution in [2.45, 2.75) is 25.8 Å². The minimum atomic E-state index is -0.598. The molecule has 0 unspecified atom stereocenters. The quantitative estimate of drug-likeness (QED) is 0.759. The van der Waals surface area contributed by atoms with E-state index < -0.39 is 12.0 Å². The van der Waals surface area contributed by atoms with Gasteiger partial charge in [0.15, 0.2) is 5.78 Å². The van der Waals surface area contributed by atoms with Crippen molar-refractivity contribution in [3.63, 3.8) is 0 Å². The van der Waals surface area contributed by atoms with E-state index in [9.17, 15) is 9.59 Å². The molecule has 4 nitrogen and oxygen atoms in total. The SMILES string of the molecule is C=C1NC(=O)N[C@@H](c2ccc(C(C)C)cc2)[C@H]1C(=O)c1ccc(Cl)cc1. The van der Waals surface area contributed by atoms with Crippen LogP contribution >= 0.6 is 11.6 Å². The second-order valence-electron chi connectivity index (χ2n) is 6.77. The van der Waals surface area contributed by atoms with Gasteiger partial charge < -0.3 is 10.6 Å². The van der Waals surface area contributed by atoms with E-state index in [1.165, 1.54) is 5.56 Å². The molecule has 2 N–H and O–H groups in total. The molecular formula is C21H21ClN2O2. The minimum absolute atomic E-state index is 0.114. The van der Waals surface area contributed by atoms with E-state index in [-0.39, 0.29) is 11.8 Å². The zero-order valence-electron chi connectivity index (χ0n) is 14.8. The van der Waals surface area contributed by atoms with Gasteiger partial charge in [-0.05, 0) is 41.3 Å². The molecule has 1 fully saturated rings. The van der Waals surface area contributed by atoms with Crippen LogP contribution in [0, 0.1) is 5.92 Å². The molecule has 2 aromatic rings. The summed E-state index contributed by atoms with van der Waals surface area (Å²) in [4.78, 5) is 25.1. The van der Waals surface area contributed by atoms with Gasteiger partial charge in [-0.1, -0.05) is 56.3 Å². The summed E-state index contributed by atoms with van der Waals surface area (Å²) in [5, 5.41) is 6.06. The summed E-state index contributed by atoms with van der Waals surface area (Å²) in [7, 11) is 0. The maximum absolute atomic E-state index is 13.1. The number of benzene rings is 2. The van der Waals surface area contributed by atoms with E-state index >= 15 is 0 Å². The molecule has 0 spiro atoms. The molecule has 0 radical (unpaired) electrons. The lowest BCUT2D eigenvalue weighted by Gasteiger charge is -2.34. The van der Waals surface area contributed by atoms with Crippen molar-refractivity contribution < 1.29 is 9.59 Å². The highest BCUT2D eigenvalue weighted by Crippen LogP contribution is 2.33. The lowest BCUT2D eigenvalue weighted by Crippen LogP contribution is -2.50. The van der Waals surface area contributed by atoms with Gasteiger partial charge in [-0.15, -0.1) is 0 Å². The van der Waals surface area contributed by atoms with Crippen LogP contribution in [-0.4, -0.2) is 11.8 Å². The third kappa shape index (κ3) is 3.65. The monoisotopic (exact) mass is 368 g/mol. The third-order valence-electron chi connectivity index (χ3n) is 4.64. The standard InChI is InChI=1S/C21H21ClN2O2/c1-12(2)14-4-6-15(7-5-14)19-18(13(3)23-21(26)24-19)20(25)16-8-10-17(22)11-9-16/h4-12,18-19H,3H2,1-2H3,(H2,23,24,26)/t18-,19-/m0/s1. The van der Waals surface area contributed by atoms with E-state index in [1.54, 1.807) is 24.3 Å². The van der Waals surface area contributed by atoms with Crippen molar-refractivity contribution >= 4 is 23.4 Å². The molecule has 2 aromatic carbocycles. The van der Waals surface area contributed by atoms with Gasteiger partial charge in [-0.25, -0.2) is 4.79 Å². The Balaban J connectivity index is 1.96. The summed E-state index contributed by atoms with van der Waals surface area (Å²) >= 11 is 5.92. The Bertz CT molecular complexity index is 841. The van der Waals surface area contributed by atoms with Crippen molar-refractivity contribution in [3.05, 3.63) is 82.5 Å². The Kier molecular flexibility index (Phi) is 5.14. The first-order valence-corrected chi connectivity index (χ1v) is 8.90. The van der Waals surface area contributed by atoms with Gasteiger partial charge in [0.2, 0.25) is 0 Å². The second kappa shape index (κ2) is 7.34. The minimum Gasteiger partial charge on any atom is -0.330 e. The van der Waals surface area contributed by atoms with Crippen LogP contribution in [0.4, 0.5) is 4.79 Å². The van der Waals surface area contributed by atoms with Gasteiger partial charge in [0.1, 0.15) is 0 Å². The Morgan fingerprint density at radius 3 is 2.27 bits per heavy atom. The number of halogens is 1. The molecule has 2 atom stereocenters. The molecule has 1 aliphatic heterocycles. The van der Waals surface area contributed by atoms with Crippen molar-refractivity contribution in [2.75, 3.05) is 0 Å². The molecule has 3 rings (SSSR count). The van der Waals surface area contributed by atoms with Crippen LogP contribution in [0.2, 0.25) is 5.02 Å². The summed E-state index contributed by atoms with van der Waals surface area (Å²) in [6.07, 6.45) is 0. The Hall–Kier alpha value is -2.59. The van der Waals surface area contributed by atoms with Crippen LogP contribution in [0.15, 0.2) is 60.8 Å². The van der Waals surface area contributed by atoms with E-state index in [0.717, 1.165) is 5.56 Å². The second-order valence-corrected chi connectivity index (χ2v) is 7.21. The first-order valence-electron chi connectivity index (χ1n) is 8.52. The Morgan fingerprint density at radius 2 is 1.69 bits per heavy atom. The predicted octanol–water partition coefficient (Wildman–Crippen LogP) is 4.83. The first-order chi connectivity index (χ1) is 12.4. The van der Waals surface area contributed by atoms with Crippen molar-refractivity contribution in [1.82, 2.24) is 10.6 Å². The number of ketones is 1. The van der Waals surface area contributed by atoms with Crippen LogP contribution in [0.3, 0.4) is 0 Å². The fourth-order valence-electron chi connectivity index (χ4n) is 3.15. The fraction of sp³-hybridized carbons (Fsp3) is 0.238. The van der Waals surface area contributed by atoms with E-state index in [1.807, 2.05) is 24.3 Å². The van der Waals surface area contributed by atoms with Gasteiger partial charge in [0, 0.05) is 16.3 Å². The number of rotatable bonds is 4. The smallest absolute Gasteiger partial charge is 0.319 e. The molecule has 26 heavy (non-hydrogen) atoms. The number of carbonyl (C=O) groups excluding carboxylic acids is 2. The molecule has 0 saturated carbocycles. The predicted molar refractivity (Wildman–Crippen MR) is 103 cm³/mol. The highest BCUT2D eigenvalue weighted by Gasteiger charge is 2.38. The van der Waals surface area contributed by atoms with Crippen LogP contribution in [-0.2, 0) is 0 Å². The molecule has 134 valence electrons. The lowest BCUT2D eigenvalue weighted by molar-refractivity contribution is 0.0905. The summed E-state index contributed by atoms with van der Waals surface area (Å²) in [5.41, 5.74) is 3.00. The number of hydrogen-bond acceptors (Lipinski definition) is 2. The number of carbonyl (C=O) groups is 2. The van der Waals surface area contributed by atoms with Gasteiger partial charge in [-0.3, -0.25) is 4.79 Å². The number of urea groups is 1. The van der Waals surface area contributed by atoms with Crippen molar-refractivity contribution in [2.24, 2.45) is 5.92 Å². The van der Waals surface area contributed by atoms with Gasteiger partial charge in [0.25, 0.3) is 0 Å². The van der Waals surface area contributed by atoms with Crippen molar-refractivity contribution in [3.8, 4) is 0 Å². The van der Waals surface area contributed by atoms with Crippen LogP contribution in [0.25, 0.3) is 0 Å². The molecule has 0 bridgehead atoms. The summed E-state index contributed by atoms with van der Waals surface area (Å²) in [5.74, 6) is -0.302. The largest absolute Gasteiger partial charge is 0.330 e. The molecule has 1 saturated heterocycles. The van der Waals surface area contributed by atoms with Gasteiger partial charge in [0.05, 0.1) is 12.0 Å². The van der Waals surface area contributed by atoms with E-state index in [2.05, 4.69) is 31.1 Å². The molecular weight excluding hydrogens is 348 g/mol. The summed E-state index contributed by atoms with van der Waals surface area (Å²) in [6.45, 7) is 8.15. The highest BCUT2D eigenvalue weighted by molar-refractivity contribution is 6.30. The fourth-order valence-corrected chi connectivity index (χ4v) is 3.28. The Labute approximate surface area is 158 Å². The van der Waals surface area contributed by atoms with Crippen LogP contribution in [0.1, 0.15) is 47.3 Å². The zero-order valence-corrected chi connectivity index (χ0v) is 15.5. The number of amides is 2. The van der Waals surface area contributed by atoms with E-state index in [0.29, 0.717) is 22.2 Å². The van der Waals surface area contributed by atoms with Gasteiger partial charge in [-0.2, -0.15) is 0 Å². The third-order valence-corrected chi connectivity index (χ3v) is 4.89. The Morgan fingerprint density at radius 1 is 1.08 bits per heavy atom. The zero-order chi connectivity index (χ0) is 18.8. The van der Waals surface area contributed by atoms with Crippen molar-refractivity contribution in [1.29, 1.82) is 0 Å². The molecule has 5 heteroatoms. The van der Waals surface area contributed by atoms with Crippen LogP contribution < -0.4 is 10.6 Å². The normalized spacial score (nSPS) is 19.8. The van der Waals surface area contributed by atoms with E-state index in [4.69, 9.17) is 11.6 Å². The number of hydrogen-bond donors (Lipinski definition) is 2. The molecule has 2 amide bonds. The van der Waals surface area contributed by atoms with Gasteiger partial charge >= 0.3 is 6.03 Å². The molecule has 0 aliphatic carbocycles. The topological polar surface area (TPSA) is 58.2 Å². The lowest BCUT2D eigenvalue weighted by atomic mass is 9.83. The molecule has 0 aromatic heterocycles. The molecule has 1 aliphatic rings. The maximum atomic E-state index is 13.1. The summed E-state index contributed by atoms with van der Waals surface area (Å²) in [6, 6.07) is 13.9. The number of Topliss-reactive ketones (excluding diaryl/α,β-unsaturated/α-hetero) is 1. The van der Waals surface area contributed by atoms with Crippen LogP contribution in [0.5, 0.6) is 0 Å². The average molecular weight is 369 g/mol. The highest BCUT2D eigenvalue weighted by atomic mass is 35.5. The average Bonchev–Trinajstić information content (AvgIpc) is 2.61. The first kappa shape index (κ1) is 18.2. The molecule has 1 heterocycles. The summed E-state index contributed by atoms with van der Waals surface area (Å²) < 4.78 is 0.